The third-order valence-corrected chi connectivity index (χ3v) is 11.5. The van der Waals surface area contributed by atoms with Gasteiger partial charge in [0.05, 0.1) is 21.2 Å². The minimum absolute atomic E-state index is 0.220. The number of benzene rings is 7. The lowest BCUT2D eigenvalue weighted by molar-refractivity contribution is 0.350. The number of hydrogen-bond donors (Lipinski definition) is 8. The highest BCUT2D eigenvalue weighted by Gasteiger charge is 2.33. The second kappa shape index (κ2) is 12.8. The average molecular weight is 785 g/mol. The quantitative estimate of drug-likeness (QED) is 0.0609. The van der Waals surface area contributed by atoms with Crippen molar-refractivity contribution >= 4 is 53.3 Å². The summed E-state index contributed by atoms with van der Waals surface area (Å²) in [6.45, 7) is 0. The Bertz CT molecular complexity index is 3180. The maximum atomic E-state index is 11.6. The van der Waals surface area contributed by atoms with Crippen LogP contribution in [0.15, 0.2) is 121 Å². The van der Waals surface area contributed by atoms with Gasteiger partial charge in [-0.25, -0.2) is 15.0 Å². The molecule has 282 valence electrons. The summed E-state index contributed by atoms with van der Waals surface area (Å²) in [6, 6.07) is 38.2. The van der Waals surface area contributed by atoms with E-state index in [4.69, 9.17) is 15.0 Å². The Labute approximate surface area is 331 Å². The predicted octanol–water partition coefficient (Wildman–Crippen LogP) is 9.65. The van der Waals surface area contributed by atoms with Crippen LogP contribution in [0.25, 0.3) is 93.0 Å². The van der Waals surface area contributed by atoms with Crippen molar-refractivity contribution in [3.8, 4) is 97.0 Å². The van der Waals surface area contributed by atoms with Gasteiger partial charge in [-0.15, -0.1) is 11.3 Å². The molecular formula is C45H28N4O8S. The first-order chi connectivity index (χ1) is 28.1. The summed E-state index contributed by atoms with van der Waals surface area (Å²) in [5.74, 6) is -7.18. The number of aromatic hydroxyl groups is 8. The number of thiophene rings is 1. The van der Waals surface area contributed by atoms with Crippen molar-refractivity contribution in [3.63, 3.8) is 0 Å². The third-order valence-electron chi connectivity index (χ3n) is 10.3. The van der Waals surface area contributed by atoms with Crippen LogP contribution in [0.5, 0.6) is 46.0 Å². The van der Waals surface area contributed by atoms with Crippen LogP contribution in [0.4, 0.5) is 0 Å². The molecule has 0 aliphatic carbocycles. The summed E-state index contributed by atoms with van der Waals surface area (Å²) in [5, 5.41) is 89.4. The van der Waals surface area contributed by atoms with E-state index >= 15 is 0 Å². The van der Waals surface area contributed by atoms with Crippen molar-refractivity contribution in [2.45, 2.75) is 0 Å². The zero-order valence-corrected chi connectivity index (χ0v) is 30.6. The van der Waals surface area contributed by atoms with Gasteiger partial charge in [0.1, 0.15) is 11.0 Å². The Balaban J connectivity index is 1.38. The minimum atomic E-state index is -1.11. The van der Waals surface area contributed by atoms with Crippen LogP contribution < -0.4 is 0 Å². The third kappa shape index (κ3) is 5.04. The molecule has 0 fully saturated rings. The molecule has 0 radical (unpaired) electrons. The van der Waals surface area contributed by atoms with Crippen LogP contribution in [0.3, 0.4) is 0 Å². The Morgan fingerprint density at radius 1 is 0.379 bits per heavy atom. The number of fused-ring (bicyclic) bond motifs is 6. The van der Waals surface area contributed by atoms with E-state index in [0.717, 1.165) is 32.3 Å². The fraction of sp³-hybridized carbons (Fsp3) is 0. The van der Waals surface area contributed by atoms with Gasteiger partial charge in [-0.1, -0.05) is 103 Å². The first kappa shape index (κ1) is 34.5. The molecule has 0 atom stereocenters. The molecule has 13 heteroatoms. The summed E-state index contributed by atoms with van der Waals surface area (Å²) < 4.78 is 2.66. The van der Waals surface area contributed by atoms with Crippen molar-refractivity contribution < 1.29 is 40.9 Å². The summed E-state index contributed by atoms with van der Waals surface area (Å²) in [5.41, 5.74) is 3.32. The molecule has 0 bridgehead atoms. The van der Waals surface area contributed by atoms with Crippen molar-refractivity contribution in [1.82, 2.24) is 19.5 Å². The Morgan fingerprint density at radius 2 is 0.828 bits per heavy atom. The van der Waals surface area contributed by atoms with Gasteiger partial charge in [-0.2, -0.15) is 0 Å². The molecular weight excluding hydrogens is 757 g/mol. The summed E-state index contributed by atoms with van der Waals surface area (Å²) in [4.78, 5) is 14.7. The predicted molar refractivity (Wildman–Crippen MR) is 222 cm³/mol. The second-order valence-electron chi connectivity index (χ2n) is 13.7. The molecule has 8 N–H and O–H groups in total. The normalized spacial score (nSPS) is 11.7. The van der Waals surface area contributed by atoms with E-state index in [-0.39, 0.29) is 22.5 Å². The highest BCUT2D eigenvalue weighted by molar-refractivity contribution is 7.26. The molecule has 0 aliphatic heterocycles. The van der Waals surface area contributed by atoms with E-state index in [1.165, 1.54) is 15.9 Å². The Morgan fingerprint density at radius 3 is 1.33 bits per heavy atom. The molecule has 0 saturated heterocycles. The zero-order valence-electron chi connectivity index (χ0n) is 29.8. The first-order valence-electron chi connectivity index (χ1n) is 17.8. The standard InChI is InChI=1S/C45H28N4O8S/c50-34-30-31-33(37(53)41(57)39(55)35(31)51)49(32(30)36(52)40(56)38(34)54)28-19-25(18-27-26-17-16-24(20-29(26)58-42(27)28)21-10-4-1-5-11-21)45-47-43(22-12-6-2-7-13-22)46-44(48-45)23-14-8-3-9-15-23/h1-20,50-57H. The molecule has 0 spiro atoms. The lowest BCUT2D eigenvalue weighted by Crippen LogP contribution is -2.01. The molecule has 58 heavy (non-hydrogen) atoms. The van der Waals surface area contributed by atoms with Gasteiger partial charge in [0.25, 0.3) is 0 Å². The van der Waals surface area contributed by atoms with Gasteiger partial charge in [0, 0.05) is 32.2 Å². The Hall–Kier alpha value is -8.03. The molecule has 7 aromatic carbocycles. The summed E-state index contributed by atoms with van der Waals surface area (Å²) in [6.07, 6.45) is 0. The molecule has 3 aromatic heterocycles. The van der Waals surface area contributed by atoms with Gasteiger partial charge >= 0.3 is 0 Å². The van der Waals surface area contributed by atoms with Gasteiger partial charge in [-0.05, 0) is 29.3 Å². The van der Waals surface area contributed by atoms with Crippen LogP contribution in [-0.2, 0) is 0 Å². The SMILES string of the molecule is Oc1c(O)c(O)c2c(c1O)c1c(O)c(O)c(O)c(O)c1n2-c1cc(-c2nc(-c3ccccc3)nc(-c3ccccc3)n2)cc2c1sc1cc(-c3ccccc3)ccc12. The van der Waals surface area contributed by atoms with Crippen LogP contribution in [0.1, 0.15) is 0 Å². The van der Waals surface area contributed by atoms with E-state index in [1.54, 1.807) is 6.07 Å². The van der Waals surface area contributed by atoms with Crippen LogP contribution >= 0.6 is 11.3 Å². The van der Waals surface area contributed by atoms with E-state index < -0.39 is 56.8 Å². The number of hydrogen-bond acceptors (Lipinski definition) is 12. The van der Waals surface area contributed by atoms with Crippen molar-refractivity contribution in [2.24, 2.45) is 0 Å². The van der Waals surface area contributed by atoms with Crippen molar-refractivity contribution in [1.29, 1.82) is 0 Å². The van der Waals surface area contributed by atoms with Gasteiger partial charge in [0.2, 0.25) is 23.0 Å². The fourth-order valence-corrected chi connectivity index (χ4v) is 8.76. The lowest BCUT2D eigenvalue weighted by atomic mass is 10.0. The van der Waals surface area contributed by atoms with Gasteiger partial charge in [0.15, 0.2) is 40.5 Å². The zero-order chi connectivity index (χ0) is 40.0. The maximum absolute atomic E-state index is 11.6. The van der Waals surface area contributed by atoms with E-state index in [1.807, 2.05) is 115 Å². The second-order valence-corrected chi connectivity index (χ2v) is 14.7. The first-order valence-corrected chi connectivity index (χ1v) is 18.7. The maximum Gasteiger partial charge on any atom is 0.206 e. The fourth-order valence-electron chi connectivity index (χ4n) is 7.54. The average Bonchev–Trinajstić information content (AvgIpc) is 3.83. The topological polar surface area (TPSA) is 205 Å². The monoisotopic (exact) mass is 784 g/mol. The van der Waals surface area contributed by atoms with Crippen LogP contribution in [0.2, 0.25) is 0 Å². The van der Waals surface area contributed by atoms with Gasteiger partial charge < -0.3 is 45.4 Å². The number of nitrogens with zero attached hydrogens (tertiary/aromatic N) is 4. The molecule has 10 rings (SSSR count). The Kier molecular flexibility index (Phi) is 7.58. The molecule has 10 aromatic rings. The molecule has 0 saturated carbocycles. The van der Waals surface area contributed by atoms with Crippen molar-refractivity contribution in [3.05, 3.63) is 121 Å². The smallest absolute Gasteiger partial charge is 0.206 e. The minimum Gasteiger partial charge on any atom is -0.504 e. The highest BCUT2D eigenvalue weighted by atomic mass is 32.1. The number of phenols is 8. The van der Waals surface area contributed by atoms with Crippen LogP contribution in [0, 0.1) is 0 Å². The number of rotatable bonds is 5. The summed E-state index contributed by atoms with van der Waals surface area (Å²) in [7, 11) is 0. The molecule has 12 nitrogen and oxygen atoms in total. The molecule has 0 amide bonds. The number of aromatic nitrogens is 4. The largest absolute Gasteiger partial charge is 0.504 e. The molecule has 0 aliphatic rings. The van der Waals surface area contributed by atoms with Crippen molar-refractivity contribution in [2.75, 3.05) is 0 Å². The highest BCUT2D eigenvalue weighted by Crippen LogP contribution is 2.59. The van der Waals surface area contributed by atoms with E-state index in [9.17, 15) is 40.9 Å². The molecule has 0 unspecified atom stereocenters. The van der Waals surface area contributed by atoms with Crippen LogP contribution in [-0.4, -0.2) is 60.4 Å². The van der Waals surface area contributed by atoms with E-state index in [0.29, 0.717) is 27.3 Å². The lowest BCUT2D eigenvalue weighted by Gasteiger charge is -2.15. The molecule has 3 heterocycles. The number of phenolic OH excluding ortho intramolecular Hbond substituents is 8. The van der Waals surface area contributed by atoms with Gasteiger partial charge in [-0.3, -0.25) is 0 Å². The van der Waals surface area contributed by atoms with E-state index in [2.05, 4.69) is 0 Å². The summed E-state index contributed by atoms with van der Waals surface area (Å²) >= 11 is 1.37.